The molecule has 80 valence electrons. The highest BCUT2D eigenvalue weighted by Gasteiger charge is 2.35. The van der Waals surface area contributed by atoms with Gasteiger partial charge in [-0.3, -0.25) is 0 Å². The molecule has 0 bridgehead atoms. The van der Waals surface area contributed by atoms with Crippen molar-refractivity contribution in [1.29, 1.82) is 0 Å². The van der Waals surface area contributed by atoms with E-state index in [0.29, 0.717) is 11.9 Å². The van der Waals surface area contributed by atoms with E-state index in [4.69, 9.17) is 22.1 Å². The molecule has 2 unspecified atom stereocenters. The van der Waals surface area contributed by atoms with Crippen molar-refractivity contribution in [1.82, 2.24) is 0 Å². The molecule has 1 fully saturated rings. The molecular formula is C9H17BO3S. The maximum atomic E-state index is 5.83. The molecule has 1 aliphatic rings. The zero-order chi connectivity index (χ0) is 10.6. The van der Waals surface area contributed by atoms with Crippen molar-refractivity contribution < 1.29 is 14.2 Å². The Morgan fingerprint density at radius 3 is 2.86 bits per heavy atom. The molecule has 3 nitrogen and oxygen atoms in total. The topological polar surface area (TPSA) is 27.7 Å². The summed E-state index contributed by atoms with van der Waals surface area (Å²) in [6.45, 7) is 3.44. The minimum Gasteiger partial charge on any atom is -0.384 e. The lowest BCUT2D eigenvalue weighted by atomic mass is 9.96. The first-order valence-electron chi connectivity index (χ1n) is 4.73. The number of hydrogen-bond donors (Lipinski definition) is 0. The standard InChI is InChI=1S/C9H17BO3S/c1-6(4-11-2)14-8-7(12-3)5-13-9(8)10/h6-9H,4-5H2,1-3H3/t6?,7-,8?,9+/m0/s1. The fourth-order valence-corrected chi connectivity index (χ4v) is 2.87. The number of methoxy groups -OCH3 is 2. The number of ether oxygens (including phenoxy) is 3. The number of thioether (sulfide) groups is 1. The predicted molar refractivity (Wildman–Crippen MR) is 59.0 cm³/mol. The van der Waals surface area contributed by atoms with E-state index in [1.165, 1.54) is 0 Å². The molecule has 0 aromatic carbocycles. The summed E-state index contributed by atoms with van der Waals surface area (Å²) in [4.78, 5) is 0. The summed E-state index contributed by atoms with van der Waals surface area (Å²) >= 11 is 1.77. The Labute approximate surface area is 91.3 Å². The van der Waals surface area contributed by atoms with Gasteiger partial charge in [-0.2, -0.15) is 0 Å². The Kier molecular flexibility index (Phi) is 5.30. The van der Waals surface area contributed by atoms with Crippen LogP contribution >= 0.6 is 11.8 Å². The quantitative estimate of drug-likeness (QED) is 0.631. The first-order chi connectivity index (χ1) is 6.69. The first kappa shape index (κ1) is 12.4. The SMILES string of the molecule is [B][C@@H]1OC[C@H](OC)C1SC(C)COC. The van der Waals surface area contributed by atoms with Gasteiger partial charge in [0, 0.05) is 25.5 Å². The van der Waals surface area contributed by atoms with Crippen molar-refractivity contribution in [3.8, 4) is 0 Å². The molecule has 0 amide bonds. The zero-order valence-corrected chi connectivity index (χ0v) is 9.75. The van der Waals surface area contributed by atoms with Crippen molar-refractivity contribution >= 4 is 19.6 Å². The van der Waals surface area contributed by atoms with Gasteiger partial charge in [-0.25, -0.2) is 0 Å². The Balaban J connectivity index is 2.40. The molecule has 1 saturated heterocycles. The van der Waals surface area contributed by atoms with Gasteiger partial charge in [0.05, 0.1) is 24.6 Å². The van der Waals surface area contributed by atoms with E-state index in [-0.39, 0.29) is 17.4 Å². The third kappa shape index (κ3) is 3.16. The predicted octanol–water partition coefficient (Wildman–Crippen LogP) is 0.663. The largest absolute Gasteiger partial charge is 0.384 e. The highest BCUT2D eigenvalue weighted by Crippen LogP contribution is 2.30. The second-order valence-corrected chi connectivity index (χ2v) is 5.06. The van der Waals surface area contributed by atoms with Gasteiger partial charge in [-0.15, -0.1) is 11.8 Å². The smallest absolute Gasteiger partial charge is 0.110 e. The summed E-state index contributed by atoms with van der Waals surface area (Å²) < 4.78 is 15.7. The molecule has 4 atom stereocenters. The summed E-state index contributed by atoms with van der Waals surface area (Å²) in [7, 11) is 9.22. The van der Waals surface area contributed by atoms with Gasteiger partial charge >= 0.3 is 0 Å². The summed E-state index contributed by atoms with van der Waals surface area (Å²) in [6, 6.07) is -0.218. The molecule has 1 heterocycles. The average molecular weight is 216 g/mol. The second kappa shape index (κ2) is 6.00. The molecule has 1 rings (SSSR count). The monoisotopic (exact) mass is 216 g/mol. The van der Waals surface area contributed by atoms with Crippen molar-refractivity contribution in [3.63, 3.8) is 0 Å². The van der Waals surface area contributed by atoms with Crippen molar-refractivity contribution in [2.45, 2.75) is 29.5 Å². The second-order valence-electron chi connectivity index (χ2n) is 3.44. The number of hydrogen-bond acceptors (Lipinski definition) is 4. The Bertz CT molecular complexity index is 170. The Morgan fingerprint density at radius 1 is 1.57 bits per heavy atom. The van der Waals surface area contributed by atoms with Crippen LogP contribution in [-0.2, 0) is 14.2 Å². The molecule has 0 aliphatic carbocycles. The van der Waals surface area contributed by atoms with Crippen LogP contribution in [0, 0.1) is 0 Å². The molecular weight excluding hydrogens is 199 g/mol. The van der Waals surface area contributed by atoms with Crippen molar-refractivity contribution in [2.75, 3.05) is 27.4 Å². The van der Waals surface area contributed by atoms with Gasteiger partial charge in [0.2, 0.25) is 0 Å². The average Bonchev–Trinajstić information content (AvgIpc) is 2.48. The maximum Gasteiger partial charge on any atom is 0.110 e. The van der Waals surface area contributed by atoms with Gasteiger partial charge in [0.25, 0.3) is 0 Å². The highest BCUT2D eigenvalue weighted by atomic mass is 32.2. The summed E-state index contributed by atoms with van der Waals surface area (Å²) in [6.07, 6.45) is 0.106. The Hall–Kier alpha value is 0.295. The molecule has 0 N–H and O–H groups in total. The van der Waals surface area contributed by atoms with E-state index in [0.717, 1.165) is 6.61 Å². The molecule has 0 aromatic rings. The van der Waals surface area contributed by atoms with Crippen molar-refractivity contribution in [2.24, 2.45) is 0 Å². The van der Waals surface area contributed by atoms with Gasteiger partial charge in [0.1, 0.15) is 7.85 Å². The maximum absolute atomic E-state index is 5.83. The van der Waals surface area contributed by atoms with E-state index in [1.54, 1.807) is 26.0 Å². The molecule has 1 aliphatic heterocycles. The van der Waals surface area contributed by atoms with Crippen LogP contribution in [0.3, 0.4) is 0 Å². The fraction of sp³-hybridized carbons (Fsp3) is 1.00. The minimum atomic E-state index is -0.218. The van der Waals surface area contributed by atoms with E-state index < -0.39 is 0 Å². The van der Waals surface area contributed by atoms with Crippen LogP contribution in [0.1, 0.15) is 6.92 Å². The van der Waals surface area contributed by atoms with Crippen LogP contribution in [0.4, 0.5) is 0 Å². The molecule has 0 spiro atoms. The summed E-state index contributed by atoms with van der Waals surface area (Å²) in [5.41, 5.74) is 0. The normalized spacial score (nSPS) is 34.6. The molecule has 5 heteroatoms. The number of rotatable bonds is 5. The van der Waals surface area contributed by atoms with Crippen LogP contribution in [-0.4, -0.2) is 57.9 Å². The summed E-state index contributed by atoms with van der Waals surface area (Å²) in [5.74, 6) is 0. The van der Waals surface area contributed by atoms with Gasteiger partial charge < -0.3 is 14.2 Å². The van der Waals surface area contributed by atoms with Crippen LogP contribution in [0.15, 0.2) is 0 Å². The third-order valence-electron chi connectivity index (χ3n) is 2.24. The van der Waals surface area contributed by atoms with Crippen LogP contribution in [0.5, 0.6) is 0 Å². The molecule has 14 heavy (non-hydrogen) atoms. The minimum absolute atomic E-state index is 0.106. The Morgan fingerprint density at radius 2 is 2.29 bits per heavy atom. The van der Waals surface area contributed by atoms with Crippen molar-refractivity contribution in [3.05, 3.63) is 0 Å². The van der Waals surface area contributed by atoms with Gasteiger partial charge in [-0.05, 0) is 0 Å². The highest BCUT2D eigenvalue weighted by molar-refractivity contribution is 8.00. The van der Waals surface area contributed by atoms with Gasteiger partial charge in [0.15, 0.2) is 0 Å². The zero-order valence-electron chi connectivity index (χ0n) is 8.93. The van der Waals surface area contributed by atoms with E-state index in [9.17, 15) is 0 Å². The lowest BCUT2D eigenvalue weighted by Gasteiger charge is -2.22. The van der Waals surface area contributed by atoms with E-state index in [1.807, 2.05) is 0 Å². The third-order valence-corrected chi connectivity index (χ3v) is 3.72. The van der Waals surface area contributed by atoms with E-state index >= 15 is 0 Å². The van der Waals surface area contributed by atoms with Crippen LogP contribution in [0.25, 0.3) is 0 Å². The van der Waals surface area contributed by atoms with Gasteiger partial charge in [-0.1, -0.05) is 6.92 Å². The molecule has 0 aromatic heterocycles. The molecule has 0 saturated carbocycles. The first-order valence-corrected chi connectivity index (χ1v) is 5.67. The lowest BCUT2D eigenvalue weighted by molar-refractivity contribution is 0.0797. The van der Waals surface area contributed by atoms with E-state index in [2.05, 4.69) is 6.92 Å². The molecule has 2 radical (unpaired) electrons. The van der Waals surface area contributed by atoms with Crippen LogP contribution in [0.2, 0.25) is 0 Å². The fourth-order valence-electron chi connectivity index (χ4n) is 1.52. The lowest BCUT2D eigenvalue weighted by Crippen LogP contribution is -2.31. The summed E-state index contributed by atoms with van der Waals surface area (Å²) in [5, 5.41) is 0.626. The van der Waals surface area contributed by atoms with Crippen LogP contribution < -0.4 is 0 Å².